The number of benzene rings is 1. The Bertz CT molecular complexity index is 686. The molecule has 1 aromatic carbocycles. The van der Waals surface area contributed by atoms with E-state index in [1.807, 2.05) is 0 Å². The van der Waals surface area contributed by atoms with Crippen LogP contribution in [-0.2, 0) is 6.42 Å². The number of rotatable bonds is 4. The highest BCUT2D eigenvalue weighted by Gasteiger charge is 2.49. The zero-order chi connectivity index (χ0) is 15.9. The van der Waals surface area contributed by atoms with Gasteiger partial charge in [-0.15, -0.1) is 10.2 Å². The molecule has 1 aliphatic heterocycles. The molecule has 2 fully saturated rings. The molecule has 0 amide bonds. The van der Waals surface area contributed by atoms with Gasteiger partial charge < -0.3 is 10.6 Å². The fourth-order valence-corrected chi connectivity index (χ4v) is 5.00. The highest BCUT2D eigenvalue weighted by Crippen LogP contribution is 2.49. The van der Waals surface area contributed by atoms with Crippen LogP contribution in [0.2, 0.25) is 0 Å². The van der Waals surface area contributed by atoms with Gasteiger partial charge in [0, 0.05) is 24.9 Å². The maximum absolute atomic E-state index is 13.0. The molecular formula is C17H21FN4S. The molecule has 2 aliphatic rings. The molecule has 0 spiro atoms. The second-order valence-corrected chi connectivity index (χ2v) is 7.86. The third kappa shape index (κ3) is 2.74. The van der Waals surface area contributed by atoms with E-state index in [0.717, 1.165) is 35.3 Å². The Labute approximate surface area is 139 Å². The molecule has 23 heavy (non-hydrogen) atoms. The molecule has 4 nitrogen and oxygen atoms in total. The van der Waals surface area contributed by atoms with E-state index in [1.54, 1.807) is 23.5 Å². The van der Waals surface area contributed by atoms with E-state index < -0.39 is 0 Å². The van der Waals surface area contributed by atoms with Crippen LogP contribution in [0.5, 0.6) is 0 Å². The van der Waals surface area contributed by atoms with Crippen LogP contribution < -0.4 is 10.6 Å². The van der Waals surface area contributed by atoms with Gasteiger partial charge in [-0.25, -0.2) is 4.39 Å². The second-order valence-electron chi connectivity index (χ2n) is 6.82. The Hall–Kier alpha value is -1.53. The molecule has 1 saturated carbocycles. The summed E-state index contributed by atoms with van der Waals surface area (Å²) in [4.78, 5) is 2.36. The van der Waals surface area contributed by atoms with Gasteiger partial charge in [0.2, 0.25) is 5.13 Å². The lowest BCUT2D eigenvalue weighted by molar-refractivity contribution is 0.282. The fourth-order valence-electron chi connectivity index (χ4n) is 4.11. The number of hydrogen-bond acceptors (Lipinski definition) is 5. The summed E-state index contributed by atoms with van der Waals surface area (Å²) in [6.07, 6.45) is 4.54. The molecule has 0 radical (unpaired) electrons. The maximum Gasteiger partial charge on any atom is 0.208 e. The predicted molar refractivity (Wildman–Crippen MR) is 90.2 cm³/mol. The third-order valence-corrected chi connectivity index (χ3v) is 6.43. The van der Waals surface area contributed by atoms with Gasteiger partial charge in [0.25, 0.3) is 0 Å². The first-order valence-corrected chi connectivity index (χ1v) is 9.02. The topological polar surface area (TPSA) is 55.0 Å². The first-order valence-electron chi connectivity index (χ1n) is 8.20. The zero-order valence-corrected chi connectivity index (χ0v) is 13.9. The van der Waals surface area contributed by atoms with Crippen molar-refractivity contribution in [3.05, 3.63) is 40.7 Å². The molecular weight excluding hydrogens is 311 g/mol. The SMILES string of the molecule is NC[C@]12CCC[C@H]1CN(c1nnc(Cc3ccc(F)cc3)s1)C2. The zero-order valence-electron chi connectivity index (χ0n) is 13.0. The minimum Gasteiger partial charge on any atom is -0.346 e. The predicted octanol–water partition coefficient (Wildman–Crippen LogP) is 2.83. The third-order valence-electron chi connectivity index (χ3n) is 5.44. The Balaban J connectivity index is 1.47. The van der Waals surface area contributed by atoms with E-state index in [2.05, 4.69) is 15.1 Å². The first-order chi connectivity index (χ1) is 11.2. The molecule has 2 atom stereocenters. The van der Waals surface area contributed by atoms with Crippen LogP contribution >= 0.6 is 11.3 Å². The van der Waals surface area contributed by atoms with Crippen molar-refractivity contribution < 1.29 is 4.39 Å². The summed E-state index contributed by atoms with van der Waals surface area (Å²) in [6.45, 7) is 2.84. The number of hydrogen-bond donors (Lipinski definition) is 1. The molecule has 2 aromatic rings. The second kappa shape index (κ2) is 5.83. The van der Waals surface area contributed by atoms with Gasteiger partial charge in [-0.2, -0.15) is 0 Å². The van der Waals surface area contributed by atoms with E-state index in [0.29, 0.717) is 17.8 Å². The van der Waals surface area contributed by atoms with Crippen molar-refractivity contribution in [2.24, 2.45) is 17.1 Å². The number of halogens is 1. The molecule has 2 N–H and O–H groups in total. The summed E-state index contributed by atoms with van der Waals surface area (Å²) in [6, 6.07) is 6.59. The lowest BCUT2D eigenvalue weighted by Gasteiger charge is -2.26. The highest BCUT2D eigenvalue weighted by atomic mass is 32.1. The van der Waals surface area contributed by atoms with Crippen LogP contribution in [-0.4, -0.2) is 29.8 Å². The van der Waals surface area contributed by atoms with E-state index in [-0.39, 0.29) is 5.82 Å². The molecule has 1 saturated heterocycles. The Morgan fingerprint density at radius 3 is 2.87 bits per heavy atom. The van der Waals surface area contributed by atoms with Crippen LogP contribution in [0.1, 0.15) is 29.8 Å². The van der Waals surface area contributed by atoms with Crippen molar-refractivity contribution in [3.8, 4) is 0 Å². The van der Waals surface area contributed by atoms with Crippen LogP contribution in [0.4, 0.5) is 9.52 Å². The van der Waals surface area contributed by atoms with Crippen LogP contribution in [0, 0.1) is 17.2 Å². The smallest absolute Gasteiger partial charge is 0.208 e. The van der Waals surface area contributed by atoms with Crippen molar-refractivity contribution in [2.75, 3.05) is 24.5 Å². The van der Waals surface area contributed by atoms with E-state index in [1.165, 1.54) is 31.4 Å². The van der Waals surface area contributed by atoms with Crippen molar-refractivity contribution in [1.29, 1.82) is 0 Å². The van der Waals surface area contributed by atoms with Gasteiger partial charge >= 0.3 is 0 Å². The van der Waals surface area contributed by atoms with Crippen LogP contribution in [0.15, 0.2) is 24.3 Å². The van der Waals surface area contributed by atoms with Gasteiger partial charge in [-0.05, 0) is 43.0 Å². The Morgan fingerprint density at radius 1 is 1.30 bits per heavy atom. The minimum atomic E-state index is -0.206. The number of aromatic nitrogens is 2. The minimum absolute atomic E-state index is 0.206. The van der Waals surface area contributed by atoms with Crippen molar-refractivity contribution >= 4 is 16.5 Å². The molecule has 0 bridgehead atoms. The summed E-state index contributed by atoms with van der Waals surface area (Å²) in [7, 11) is 0. The summed E-state index contributed by atoms with van der Waals surface area (Å²) < 4.78 is 13.0. The van der Waals surface area contributed by atoms with E-state index >= 15 is 0 Å². The van der Waals surface area contributed by atoms with Crippen molar-refractivity contribution in [3.63, 3.8) is 0 Å². The highest BCUT2D eigenvalue weighted by molar-refractivity contribution is 7.15. The number of nitrogens with zero attached hydrogens (tertiary/aromatic N) is 3. The first kappa shape index (κ1) is 15.0. The number of anilines is 1. The summed E-state index contributed by atoms with van der Waals surface area (Å²) >= 11 is 1.65. The quantitative estimate of drug-likeness (QED) is 0.935. The summed E-state index contributed by atoms with van der Waals surface area (Å²) in [5, 5.41) is 10.7. The van der Waals surface area contributed by atoms with Crippen LogP contribution in [0.3, 0.4) is 0 Å². The van der Waals surface area contributed by atoms with Crippen LogP contribution in [0.25, 0.3) is 0 Å². The van der Waals surface area contributed by atoms with Gasteiger partial charge in [-0.1, -0.05) is 29.9 Å². The maximum atomic E-state index is 13.0. The number of fused-ring (bicyclic) bond motifs is 1. The molecule has 122 valence electrons. The molecule has 0 unspecified atom stereocenters. The van der Waals surface area contributed by atoms with E-state index in [4.69, 9.17) is 5.73 Å². The van der Waals surface area contributed by atoms with Gasteiger partial charge in [0.05, 0.1) is 0 Å². The van der Waals surface area contributed by atoms with Gasteiger partial charge in [-0.3, -0.25) is 0 Å². The standard InChI is InChI=1S/C17H21FN4S/c18-14-5-3-12(4-6-14)8-15-20-21-16(23-15)22-9-13-2-1-7-17(13,10-19)11-22/h3-6,13H,1-2,7-11,19H2/t13-,17-/m0/s1. The Morgan fingerprint density at radius 2 is 2.13 bits per heavy atom. The molecule has 1 aliphatic carbocycles. The average molecular weight is 332 g/mol. The average Bonchev–Trinajstić information content (AvgIpc) is 3.23. The molecule has 6 heteroatoms. The summed E-state index contributed by atoms with van der Waals surface area (Å²) in [5.41, 5.74) is 7.44. The molecule has 1 aromatic heterocycles. The normalized spacial score (nSPS) is 26.7. The summed E-state index contributed by atoms with van der Waals surface area (Å²) in [5.74, 6) is 0.499. The monoisotopic (exact) mass is 332 g/mol. The fraction of sp³-hybridized carbons (Fsp3) is 0.529. The van der Waals surface area contributed by atoms with Gasteiger partial charge in [0.15, 0.2) is 0 Å². The number of nitrogens with two attached hydrogens (primary N) is 1. The van der Waals surface area contributed by atoms with Gasteiger partial charge in [0.1, 0.15) is 10.8 Å². The Kier molecular flexibility index (Phi) is 3.81. The van der Waals surface area contributed by atoms with E-state index in [9.17, 15) is 4.39 Å². The molecule has 2 heterocycles. The molecule has 4 rings (SSSR count). The lowest BCUT2D eigenvalue weighted by Crippen LogP contribution is -2.35. The lowest BCUT2D eigenvalue weighted by atomic mass is 9.81. The van der Waals surface area contributed by atoms with Crippen molar-refractivity contribution in [1.82, 2.24) is 10.2 Å². The largest absolute Gasteiger partial charge is 0.346 e. The van der Waals surface area contributed by atoms with Crippen molar-refractivity contribution in [2.45, 2.75) is 25.7 Å².